The number of benzene rings is 2. The predicted octanol–water partition coefficient (Wildman–Crippen LogP) is 3.84. The molecule has 3 heterocycles. The van der Waals surface area contributed by atoms with Crippen molar-refractivity contribution in [1.29, 1.82) is 0 Å². The molecular formula is C27H30N6O4S. The summed E-state index contributed by atoms with van der Waals surface area (Å²) in [5, 5.41) is 12.8. The van der Waals surface area contributed by atoms with Crippen molar-refractivity contribution in [2.75, 3.05) is 36.9 Å². The minimum Gasteiger partial charge on any atom is -0.492 e. The van der Waals surface area contributed by atoms with Gasteiger partial charge in [0, 0.05) is 18.4 Å². The van der Waals surface area contributed by atoms with E-state index in [-0.39, 0.29) is 10.5 Å². The Labute approximate surface area is 220 Å². The van der Waals surface area contributed by atoms with Gasteiger partial charge in [0.1, 0.15) is 28.9 Å². The molecule has 5 N–H and O–H groups in total. The number of primary sulfonamides is 1. The Morgan fingerprint density at radius 2 is 1.84 bits per heavy atom. The fourth-order valence-electron chi connectivity index (χ4n) is 4.71. The molecule has 5 rings (SSSR count). The Morgan fingerprint density at radius 3 is 2.58 bits per heavy atom. The molecule has 2 aromatic heterocycles. The zero-order valence-electron chi connectivity index (χ0n) is 21.0. The van der Waals surface area contributed by atoms with E-state index in [2.05, 4.69) is 25.5 Å². The number of sulfonamides is 1. The number of aryl methyl sites for hydroxylation is 1. The minimum atomic E-state index is -3.98. The van der Waals surface area contributed by atoms with Gasteiger partial charge in [-0.05, 0) is 86.3 Å². The number of ether oxygens (including phenoxy) is 1. The molecule has 0 bridgehead atoms. The summed E-state index contributed by atoms with van der Waals surface area (Å²) < 4.78 is 30.4. The molecule has 0 atom stereocenters. The number of hydrogen-bond donors (Lipinski definition) is 4. The van der Waals surface area contributed by atoms with Gasteiger partial charge in [0.25, 0.3) is 5.56 Å². The summed E-state index contributed by atoms with van der Waals surface area (Å²) in [6, 6.07) is 15.9. The van der Waals surface area contributed by atoms with Crippen LogP contribution >= 0.6 is 0 Å². The van der Waals surface area contributed by atoms with E-state index in [1.165, 1.54) is 12.8 Å². The van der Waals surface area contributed by atoms with Gasteiger partial charge in [0.15, 0.2) is 0 Å². The fraction of sp³-hybridized carbons (Fsp3) is 0.259. The average molecular weight is 535 g/mol. The Balaban J connectivity index is 1.41. The molecule has 10 nitrogen and oxygen atoms in total. The van der Waals surface area contributed by atoms with Crippen molar-refractivity contribution in [2.24, 2.45) is 5.14 Å². The molecule has 0 spiro atoms. The van der Waals surface area contributed by atoms with E-state index in [0.717, 1.165) is 25.4 Å². The molecule has 0 amide bonds. The van der Waals surface area contributed by atoms with Crippen LogP contribution in [0.5, 0.6) is 5.75 Å². The van der Waals surface area contributed by atoms with Crippen LogP contribution in [0.1, 0.15) is 18.4 Å². The lowest BCUT2D eigenvalue weighted by molar-refractivity contribution is 0.238. The Hall–Kier alpha value is -3.93. The predicted molar refractivity (Wildman–Crippen MR) is 149 cm³/mol. The van der Waals surface area contributed by atoms with Crippen LogP contribution < -0.4 is 26.1 Å². The third-order valence-electron chi connectivity index (χ3n) is 6.51. The molecule has 198 valence electrons. The van der Waals surface area contributed by atoms with Crippen molar-refractivity contribution >= 4 is 43.8 Å². The smallest absolute Gasteiger partial charge is 0.259 e. The molecule has 11 heteroatoms. The van der Waals surface area contributed by atoms with Gasteiger partial charge in [-0.2, -0.15) is 0 Å². The first-order chi connectivity index (χ1) is 18.3. The van der Waals surface area contributed by atoms with Crippen LogP contribution in [-0.2, 0) is 10.0 Å². The molecule has 2 aromatic carbocycles. The normalized spacial score (nSPS) is 14.1. The SMILES string of the molecule is Cc1cccc(Nc2cc3cc[nH]c(=O)c3c(Nc3ccc(OCCN4CCCC4)cc3)n2)c1S(N)(=O)=O. The maximum Gasteiger partial charge on any atom is 0.259 e. The minimum absolute atomic E-state index is 0.0114. The Kier molecular flexibility index (Phi) is 7.32. The number of aromatic nitrogens is 2. The van der Waals surface area contributed by atoms with Crippen LogP contribution in [0, 0.1) is 6.92 Å². The topological polar surface area (TPSA) is 142 Å². The molecule has 1 saturated heterocycles. The number of nitrogens with one attached hydrogen (secondary N) is 3. The Bertz CT molecular complexity index is 1610. The van der Waals surface area contributed by atoms with Crippen molar-refractivity contribution < 1.29 is 13.2 Å². The van der Waals surface area contributed by atoms with E-state index in [0.29, 0.717) is 46.0 Å². The molecule has 1 fully saturated rings. The number of aromatic amines is 1. The van der Waals surface area contributed by atoms with E-state index in [1.807, 2.05) is 24.3 Å². The van der Waals surface area contributed by atoms with E-state index >= 15 is 0 Å². The quantitative estimate of drug-likeness (QED) is 0.254. The van der Waals surface area contributed by atoms with Crippen molar-refractivity contribution in [3.8, 4) is 5.75 Å². The first-order valence-electron chi connectivity index (χ1n) is 12.4. The molecule has 38 heavy (non-hydrogen) atoms. The van der Waals surface area contributed by atoms with Crippen LogP contribution in [0.4, 0.5) is 23.0 Å². The zero-order valence-corrected chi connectivity index (χ0v) is 21.8. The molecule has 1 aliphatic heterocycles. The van der Waals surface area contributed by atoms with E-state index in [9.17, 15) is 13.2 Å². The number of nitrogens with two attached hydrogens (primary N) is 1. The van der Waals surface area contributed by atoms with Gasteiger partial charge in [-0.1, -0.05) is 12.1 Å². The maximum atomic E-state index is 12.7. The Morgan fingerprint density at radius 1 is 1.08 bits per heavy atom. The largest absolute Gasteiger partial charge is 0.492 e. The molecule has 0 saturated carbocycles. The van der Waals surface area contributed by atoms with Gasteiger partial charge < -0.3 is 20.4 Å². The third-order valence-corrected chi connectivity index (χ3v) is 7.62. The highest BCUT2D eigenvalue weighted by Crippen LogP contribution is 2.30. The average Bonchev–Trinajstić information content (AvgIpc) is 3.38. The summed E-state index contributed by atoms with van der Waals surface area (Å²) in [4.78, 5) is 22.4. The lowest BCUT2D eigenvalue weighted by atomic mass is 10.2. The van der Waals surface area contributed by atoms with Gasteiger partial charge in [-0.25, -0.2) is 18.5 Å². The lowest BCUT2D eigenvalue weighted by Gasteiger charge is -2.16. The van der Waals surface area contributed by atoms with Gasteiger partial charge in [-0.3, -0.25) is 9.69 Å². The van der Waals surface area contributed by atoms with Crippen LogP contribution in [-0.4, -0.2) is 49.5 Å². The van der Waals surface area contributed by atoms with Crippen molar-refractivity contribution in [3.63, 3.8) is 0 Å². The summed E-state index contributed by atoms with van der Waals surface area (Å²) >= 11 is 0. The third kappa shape index (κ3) is 5.80. The van der Waals surface area contributed by atoms with Crippen LogP contribution in [0.15, 0.2) is 70.5 Å². The zero-order chi connectivity index (χ0) is 26.7. The number of pyridine rings is 2. The second kappa shape index (κ2) is 10.8. The highest BCUT2D eigenvalue weighted by Gasteiger charge is 2.18. The summed E-state index contributed by atoms with van der Waals surface area (Å²) in [6.45, 7) is 5.47. The van der Waals surface area contributed by atoms with E-state index < -0.39 is 10.0 Å². The lowest BCUT2D eigenvalue weighted by Crippen LogP contribution is -2.25. The number of rotatable bonds is 9. The number of hydrogen-bond acceptors (Lipinski definition) is 8. The highest BCUT2D eigenvalue weighted by molar-refractivity contribution is 7.89. The number of H-pyrrole nitrogens is 1. The number of fused-ring (bicyclic) bond motifs is 1. The second-order valence-electron chi connectivity index (χ2n) is 9.30. The van der Waals surface area contributed by atoms with Gasteiger partial charge in [0.05, 0.1) is 11.1 Å². The monoisotopic (exact) mass is 534 g/mol. The van der Waals surface area contributed by atoms with Crippen molar-refractivity contribution in [1.82, 2.24) is 14.9 Å². The molecule has 0 radical (unpaired) electrons. The second-order valence-corrected chi connectivity index (χ2v) is 10.8. The maximum absolute atomic E-state index is 12.7. The van der Waals surface area contributed by atoms with Gasteiger partial charge >= 0.3 is 0 Å². The summed E-state index contributed by atoms with van der Waals surface area (Å²) in [6.07, 6.45) is 4.05. The summed E-state index contributed by atoms with van der Waals surface area (Å²) in [5.41, 5.74) is 1.22. The number of anilines is 4. The van der Waals surface area contributed by atoms with Crippen molar-refractivity contribution in [3.05, 3.63) is 76.7 Å². The number of likely N-dealkylation sites (tertiary alicyclic amines) is 1. The molecule has 4 aromatic rings. The van der Waals surface area contributed by atoms with Crippen LogP contribution in [0.3, 0.4) is 0 Å². The fourth-order valence-corrected chi connectivity index (χ4v) is 5.65. The van der Waals surface area contributed by atoms with E-state index in [1.54, 1.807) is 43.5 Å². The molecular weight excluding hydrogens is 504 g/mol. The highest BCUT2D eigenvalue weighted by atomic mass is 32.2. The standard InChI is InChI=1S/C27H30N6O4S/c1-18-5-4-6-22(25(18)38(28,35)36)31-23-17-19-11-12-29-27(34)24(19)26(32-23)30-20-7-9-21(10-8-20)37-16-15-33-13-2-3-14-33/h4-12,17H,2-3,13-16H2,1H3,(H,29,34)(H2,28,35,36)(H2,30,31,32). The number of nitrogens with zero attached hydrogens (tertiary/aromatic N) is 2. The van der Waals surface area contributed by atoms with Gasteiger partial charge in [0.2, 0.25) is 10.0 Å². The van der Waals surface area contributed by atoms with Gasteiger partial charge in [-0.15, -0.1) is 0 Å². The van der Waals surface area contributed by atoms with E-state index in [4.69, 9.17) is 9.88 Å². The molecule has 0 unspecified atom stereocenters. The summed E-state index contributed by atoms with van der Waals surface area (Å²) in [5.74, 6) is 1.43. The van der Waals surface area contributed by atoms with Crippen LogP contribution in [0.2, 0.25) is 0 Å². The molecule has 0 aliphatic carbocycles. The summed E-state index contributed by atoms with van der Waals surface area (Å²) in [7, 11) is -3.98. The molecule has 1 aliphatic rings. The first kappa shape index (κ1) is 25.7. The first-order valence-corrected chi connectivity index (χ1v) is 14.0. The van der Waals surface area contributed by atoms with Crippen molar-refractivity contribution in [2.45, 2.75) is 24.7 Å². The van der Waals surface area contributed by atoms with Crippen LogP contribution in [0.25, 0.3) is 10.8 Å².